The molecule has 0 fully saturated rings. The third-order valence-electron chi connectivity index (χ3n) is 4.05. The number of ketones is 1. The van der Waals surface area contributed by atoms with Crippen LogP contribution in [0.15, 0.2) is 48.7 Å². The largest absolute Gasteiger partial charge is 0.491 e. The molecule has 0 saturated heterocycles. The molecule has 0 unspecified atom stereocenters. The van der Waals surface area contributed by atoms with Gasteiger partial charge < -0.3 is 14.2 Å². The van der Waals surface area contributed by atoms with Gasteiger partial charge in [-0.05, 0) is 31.4 Å². The number of nitrogens with zero attached hydrogens (tertiary/aromatic N) is 1. The summed E-state index contributed by atoms with van der Waals surface area (Å²) in [4.78, 5) is 27.5. The minimum absolute atomic E-state index is 0.0914. The van der Waals surface area contributed by atoms with Crippen LogP contribution in [-0.2, 0) is 9.53 Å². The SMILES string of the molecule is COC(=O)CCCCCOc1cc(C=CC(=O)c2ccccc2)ncc1OC. The molecule has 0 bridgehead atoms. The molecule has 0 saturated carbocycles. The van der Waals surface area contributed by atoms with Gasteiger partial charge in [0.25, 0.3) is 0 Å². The number of hydrogen-bond acceptors (Lipinski definition) is 6. The predicted octanol–water partition coefficient (Wildman–Crippen LogP) is 4.10. The number of aromatic nitrogens is 1. The number of pyridine rings is 1. The van der Waals surface area contributed by atoms with Crippen molar-refractivity contribution in [2.75, 3.05) is 20.8 Å². The van der Waals surface area contributed by atoms with Gasteiger partial charge in [-0.1, -0.05) is 30.3 Å². The lowest BCUT2D eigenvalue weighted by atomic mass is 10.1. The van der Waals surface area contributed by atoms with Gasteiger partial charge in [-0.25, -0.2) is 0 Å². The number of rotatable bonds is 11. The Morgan fingerprint density at radius 1 is 1.04 bits per heavy atom. The maximum Gasteiger partial charge on any atom is 0.305 e. The number of hydrogen-bond donors (Lipinski definition) is 0. The zero-order valence-electron chi connectivity index (χ0n) is 16.2. The number of unbranched alkanes of at least 4 members (excludes halogenated alkanes) is 2. The molecule has 0 atom stereocenters. The van der Waals surface area contributed by atoms with Gasteiger partial charge in [0.2, 0.25) is 0 Å². The fourth-order valence-corrected chi connectivity index (χ4v) is 2.49. The van der Waals surface area contributed by atoms with Crippen LogP contribution in [0.4, 0.5) is 0 Å². The normalized spacial score (nSPS) is 10.6. The van der Waals surface area contributed by atoms with Crippen molar-refractivity contribution < 1.29 is 23.8 Å². The lowest BCUT2D eigenvalue weighted by molar-refractivity contribution is -0.140. The topological polar surface area (TPSA) is 74.7 Å². The summed E-state index contributed by atoms with van der Waals surface area (Å²) in [5, 5.41) is 0. The smallest absolute Gasteiger partial charge is 0.305 e. The third kappa shape index (κ3) is 6.87. The first-order valence-electron chi connectivity index (χ1n) is 9.15. The van der Waals surface area contributed by atoms with Crippen LogP contribution < -0.4 is 9.47 Å². The van der Waals surface area contributed by atoms with Gasteiger partial charge in [-0.3, -0.25) is 14.6 Å². The highest BCUT2D eigenvalue weighted by Gasteiger charge is 2.07. The third-order valence-corrected chi connectivity index (χ3v) is 4.05. The maximum absolute atomic E-state index is 12.2. The molecule has 0 aliphatic rings. The van der Waals surface area contributed by atoms with Gasteiger partial charge in [0.05, 0.1) is 32.7 Å². The molecule has 0 spiro atoms. The number of allylic oxidation sites excluding steroid dienone is 1. The second kappa shape index (κ2) is 11.5. The summed E-state index contributed by atoms with van der Waals surface area (Å²) < 4.78 is 15.7. The van der Waals surface area contributed by atoms with Crippen molar-refractivity contribution in [3.63, 3.8) is 0 Å². The Morgan fingerprint density at radius 2 is 1.82 bits per heavy atom. The van der Waals surface area contributed by atoms with E-state index in [-0.39, 0.29) is 11.8 Å². The molecule has 0 aliphatic heterocycles. The Hall–Kier alpha value is -3.15. The zero-order chi connectivity index (χ0) is 20.2. The Bertz CT molecular complexity index is 802. The van der Waals surface area contributed by atoms with Crippen molar-refractivity contribution in [1.29, 1.82) is 0 Å². The number of ether oxygens (including phenoxy) is 3. The molecule has 0 aliphatic carbocycles. The molecular weight excluding hydrogens is 358 g/mol. The van der Waals surface area contributed by atoms with Crippen molar-refractivity contribution in [3.8, 4) is 11.5 Å². The van der Waals surface area contributed by atoms with Crippen molar-refractivity contribution in [2.45, 2.75) is 25.7 Å². The first-order chi connectivity index (χ1) is 13.6. The molecule has 0 N–H and O–H groups in total. The summed E-state index contributed by atoms with van der Waals surface area (Å²) >= 11 is 0. The van der Waals surface area contributed by atoms with Gasteiger partial charge in [0, 0.05) is 18.1 Å². The summed E-state index contributed by atoms with van der Waals surface area (Å²) in [6.07, 6.45) is 7.55. The first kappa shape index (κ1) is 21.2. The second-order valence-corrected chi connectivity index (χ2v) is 6.06. The van der Waals surface area contributed by atoms with Crippen LogP contribution in [0.25, 0.3) is 6.08 Å². The van der Waals surface area contributed by atoms with Crippen LogP contribution in [0.5, 0.6) is 11.5 Å². The van der Waals surface area contributed by atoms with Crippen LogP contribution in [0.2, 0.25) is 0 Å². The Morgan fingerprint density at radius 3 is 2.54 bits per heavy atom. The second-order valence-electron chi connectivity index (χ2n) is 6.06. The van der Waals surface area contributed by atoms with E-state index in [2.05, 4.69) is 9.72 Å². The minimum atomic E-state index is -0.196. The zero-order valence-corrected chi connectivity index (χ0v) is 16.2. The van der Waals surface area contributed by atoms with Gasteiger partial charge in [-0.2, -0.15) is 0 Å². The summed E-state index contributed by atoms with van der Waals surface area (Å²) in [6, 6.07) is 10.8. The van der Waals surface area contributed by atoms with Crippen LogP contribution in [0, 0.1) is 0 Å². The number of methoxy groups -OCH3 is 2. The fraction of sp³-hybridized carbons (Fsp3) is 0.318. The summed E-state index contributed by atoms with van der Waals surface area (Å²) in [7, 11) is 2.94. The molecule has 2 rings (SSSR count). The molecule has 6 nitrogen and oxygen atoms in total. The Kier molecular flexibility index (Phi) is 8.72. The molecule has 148 valence electrons. The van der Waals surface area contributed by atoms with Crippen molar-refractivity contribution in [2.24, 2.45) is 0 Å². The fourth-order valence-electron chi connectivity index (χ4n) is 2.49. The number of carbonyl (C=O) groups excluding carboxylic acids is 2. The molecule has 28 heavy (non-hydrogen) atoms. The van der Waals surface area contributed by atoms with E-state index in [1.54, 1.807) is 37.6 Å². The molecule has 2 aromatic rings. The summed E-state index contributed by atoms with van der Waals surface area (Å²) in [5.74, 6) is 0.808. The highest BCUT2D eigenvalue weighted by molar-refractivity contribution is 6.06. The quantitative estimate of drug-likeness (QED) is 0.252. The van der Waals surface area contributed by atoms with E-state index >= 15 is 0 Å². The monoisotopic (exact) mass is 383 g/mol. The predicted molar refractivity (Wildman–Crippen MR) is 107 cm³/mol. The molecule has 1 heterocycles. The van der Waals surface area contributed by atoms with Crippen molar-refractivity contribution >= 4 is 17.8 Å². The highest BCUT2D eigenvalue weighted by Crippen LogP contribution is 2.27. The number of carbonyl (C=O) groups is 2. The van der Waals surface area contributed by atoms with E-state index in [0.717, 1.165) is 19.3 Å². The number of benzene rings is 1. The average Bonchev–Trinajstić information content (AvgIpc) is 2.74. The van der Waals surface area contributed by atoms with E-state index in [1.165, 1.54) is 13.2 Å². The highest BCUT2D eigenvalue weighted by atomic mass is 16.5. The molecular formula is C22H25NO5. The summed E-state index contributed by atoms with van der Waals surface area (Å²) in [6.45, 7) is 0.494. The molecule has 0 radical (unpaired) electrons. The van der Waals surface area contributed by atoms with Crippen molar-refractivity contribution in [3.05, 3.63) is 59.9 Å². The minimum Gasteiger partial charge on any atom is -0.491 e. The lowest BCUT2D eigenvalue weighted by Gasteiger charge is -2.11. The van der Waals surface area contributed by atoms with Gasteiger partial charge in [0.1, 0.15) is 0 Å². The lowest BCUT2D eigenvalue weighted by Crippen LogP contribution is -2.02. The first-order valence-corrected chi connectivity index (χ1v) is 9.15. The average molecular weight is 383 g/mol. The van der Waals surface area contributed by atoms with Crippen LogP contribution in [0.1, 0.15) is 41.7 Å². The van der Waals surface area contributed by atoms with E-state index in [0.29, 0.717) is 35.8 Å². The van der Waals surface area contributed by atoms with Gasteiger partial charge in [-0.15, -0.1) is 0 Å². The summed E-state index contributed by atoms with van der Waals surface area (Å²) in [5.41, 5.74) is 1.22. The van der Waals surface area contributed by atoms with E-state index in [4.69, 9.17) is 9.47 Å². The van der Waals surface area contributed by atoms with Gasteiger partial charge in [0.15, 0.2) is 17.3 Å². The Labute approximate surface area is 165 Å². The molecule has 1 aromatic heterocycles. The Balaban J connectivity index is 1.91. The molecule has 6 heteroatoms. The molecule has 1 aromatic carbocycles. The van der Waals surface area contributed by atoms with E-state index in [1.807, 2.05) is 18.2 Å². The maximum atomic E-state index is 12.2. The standard InChI is InChI=1S/C22H25NO5/c1-26-21-16-23-18(12-13-19(24)17-9-5-3-6-10-17)15-20(21)28-14-8-4-7-11-22(25)27-2/h3,5-6,9-10,12-13,15-16H,4,7-8,11,14H2,1-2H3. The van der Waals surface area contributed by atoms with Gasteiger partial charge >= 0.3 is 5.97 Å². The van der Waals surface area contributed by atoms with Crippen LogP contribution in [0.3, 0.4) is 0 Å². The molecule has 0 amide bonds. The van der Waals surface area contributed by atoms with Crippen molar-refractivity contribution in [1.82, 2.24) is 4.98 Å². The van der Waals surface area contributed by atoms with E-state index < -0.39 is 0 Å². The van der Waals surface area contributed by atoms with Crippen LogP contribution >= 0.6 is 0 Å². The number of esters is 1. The van der Waals surface area contributed by atoms with Crippen LogP contribution in [-0.4, -0.2) is 37.6 Å². The van der Waals surface area contributed by atoms with E-state index in [9.17, 15) is 9.59 Å².